The van der Waals surface area contributed by atoms with Gasteiger partial charge in [0.2, 0.25) is 5.79 Å². The van der Waals surface area contributed by atoms with E-state index in [9.17, 15) is 5.11 Å². The van der Waals surface area contributed by atoms with Crippen molar-refractivity contribution in [3.05, 3.63) is 30.3 Å². The molecule has 0 saturated heterocycles. The molecule has 0 fully saturated rings. The Labute approximate surface area is 97.2 Å². The number of hydrogen-bond donors (Lipinski definition) is 2. The third-order valence-corrected chi connectivity index (χ3v) is 2.48. The quantitative estimate of drug-likeness (QED) is 0.752. The molecule has 0 aromatic heterocycles. The average molecular weight is 223 g/mol. The van der Waals surface area contributed by atoms with Crippen LogP contribution in [0.3, 0.4) is 0 Å². The second-order valence-electron chi connectivity index (χ2n) is 4.71. The van der Waals surface area contributed by atoms with Gasteiger partial charge in [0, 0.05) is 6.92 Å². The SMILES string of the molecule is CC(C)CC(N)C(C)(O)Oc1ccccc1. The van der Waals surface area contributed by atoms with Gasteiger partial charge in [0.15, 0.2) is 0 Å². The molecule has 0 aliphatic rings. The first kappa shape index (κ1) is 13.0. The van der Waals surface area contributed by atoms with Crippen LogP contribution in [0.2, 0.25) is 0 Å². The molecule has 0 spiro atoms. The van der Waals surface area contributed by atoms with E-state index < -0.39 is 11.8 Å². The average Bonchev–Trinajstić information content (AvgIpc) is 2.17. The van der Waals surface area contributed by atoms with Gasteiger partial charge in [-0.05, 0) is 24.5 Å². The summed E-state index contributed by atoms with van der Waals surface area (Å²) in [5.41, 5.74) is 5.93. The van der Waals surface area contributed by atoms with Crippen molar-refractivity contribution in [2.45, 2.75) is 39.0 Å². The van der Waals surface area contributed by atoms with Gasteiger partial charge in [0.05, 0.1) is 6.04 Å². The van der Waals surface area contributed by atoms with E-state index in [4.69, 9.17) is 10.5 Å². The fourth-order valence-corrected chi connectivity index (χ4v) is 1.53. The molecule has 0 aliphatic heterocycles. The number of benzene rings is 1. The summed E-state index contributed by atoms with van der Waals surface area (Å²) in [5.74, 6) is -0.265. The number of rotatable bonds is 5. The molecule has 0 heterocycles. The first-order valence-corrected chi connectivity index (χ1v) is 5.64. The maximum Gasteiger partial charge on any atom is 0.220 e. The molecule has 16 heavy (non-hydrogen) atoms. The molecule has 90 valence electrons. The topological polar surface area (TPSA) is 55.5 Å². The van der Waals surface area contributed by atoms with Crippen molar-refractivity contribution in [2.24, 2.45) is 11.7 Å². The number of ether oxygens (including phenoxy) is 1. The largest absolute Gasteiger partial charge is 0.461 e. The van der Waals surface area contributed by atoms with Crippen LogP contribution in [0.4, 0.5) is 0 Å². The van der Waals surface area contributed by atoms with Gasteiger partial charge in [-0.1, -0.05) is 32.0 Å². The summed E-state index contributed by atoms with van der Waals surface area (Å²) in [6.07, 6.45) is 0.722. The summed E-state index contributed by atoms with van der Waals surface area (Å²) in [5, 5.41) is 10.1. The molecule has 0 bridgehead atoms. The Morgan fingerprint density at radius 1 is 1.31 bits per heavy atom. The van der Waals surface area contributed by atoms with Crippen molar-refractivity contribution in [1.82, 2.24) is 0 Å². The summed E-state index contributed by atoms with van der Waals surface area (Å²) < 4.78 is 5.50. The fraction of sp³-hybridized carbons (Fsp3) is 0.538. The van der Waals surface area contributed by atoms with E-state index in [2.05, 4.69) is 13.8 Å². The molecule has 0 aliphatic carbocycles. The van der Waals surface area contributed by atoms with E-state index in [0.717, 1.165) is 6.42 Å². The summed E-state index contributed by atoms with van der Waals surface area (Å²) in [6.45, 7) is 5.74. The lowest BCUT2D eigenvalue weighted by atomic mass is 9.98. The van der Waals surface area contributed by atoms with Gasteiger partial charge in [0.1, 0.15) is 5.75 Å². The number of hydrogen-bond acceptors (Lipinski definition) is 3. The molecule has 0 amide bonds. The Balaban J connectivity index is 2.64. The maximum atomic E-state index is 10.1. The van der Waals surface area contributed by atoms with Crippen molar-refractivity contribution in [3.8, 4) is 5.75 Å². The third kappa shape index (κ3) is 3.83. The van der Waals surface area contributed by atoms with Gasteiger partial charge in [-0.25, -0.2) is 0 Å². The third-order valence-electron chi connectivity index (χ3n) is 2.48. The Kier molecular flexibility index (Phi) is 4.33. The molecular weight excluding hydrogens is 202 g/mol. The Morgan fingerprint density at radius 2 is 1.88 bits per heavy atom. The molecule has 3 nitrogen and oxygen atoms in total. The van der Waals surface area contributed by atoms with E-state index in [0.29, 0.717) is 11.7 Å². The summed E-state index contributed by atoms with van der Waals surface area (Å²) in [7, 11) is 0. The van der Waals surface area contributed by atoms with E-state index in [-0.39, 0.29) is 0 Å². The van der Waals surface area contributed by atoms with Crippen LogP contribution in [-0.4, -0.2) is 16.9 Å². The van der Waals surface area contributed by atoms with Crippen molar-refractivity contribution < 1.29 is 9.84 Å². The minimum Gasteiger partial charge on any atom is -0.461 e. The van der Waals surface area contributed by atoms with E-state index in [1.165, 1.54) is 0 Å². The molecule has 1 aromatic rings. The highest BCUT2D eigenvalue weighted by molar-refractivity contribution is 5.21. The van der Waals surface area contributed by atoms with E-state index in [1.54, 1.807) is 19.1 Å². The molecule has 0 saturated carbocycles. The zero-order valence-electron chi connectivity index (χ0n) is 10.2. The summed E-state index contributed by atoms with van der Waals surface area (Å²) in [6, 6.07) is 8.83. The van der Waals surface area contributed by atoms with Crippen LogP contribution in [0.5, 0.6) is 5.75 Å². The number of aliphatic hydroxyl groups is 1. The van der Waals surface area contributed by atoms with Crippen LogP contribution in [-0.2, 0) is 0 Å². The molecular formula is C13H21NO2. The first-order chi connectivity index (χ1) is 7.42. The number of para-hydroxylation sites is 1. The molecule has 0 radical (unpaired) electrons. The normalized spacial score (nSPS) is 16.9. The van der Waals surface area contributed by atoms with Crippen molar-refractivity contribution >= 4 is 0 Å². The van der Waals surface area contributed by atoms with Gasteiger partial charge in [-0.3, -0.25) is 0 Å². The van der Waals surface area contributed by atoms with E-state index >= 15 is 0 Å². The van der Waals surface area contributed by atoms with Gasteiger partial charge < -0.3 is 15.6 Å². The van der Waals surface area contributed by atoms with Crippen LogP contribution >= 0.6 is 0 Å². The Hall–Kier alpha value is -1.06. The lowest BCUT2D eigenvalue weighted by Crippen LogP contribution is -2.50. The molecule has 2 atom stereocenters. The van der Waals surface area contributed by atoms with Crippen molar-refractivity contribution in [2.75, 3.05) is 0 Å². The van der Waals surface area contributed by atoms with Crippen LogP contribution in [0.1, 0.15) is 27.2 Å². The lowest BCUT2D eigenvalue weighted by molar-refractivity contribution is -0.141. The van der Waals surface area contributed by atoms with Gasteiger partial charge in [-0.2, -0.15) is 0 Å². The standard InChI is InChI=1S/C13H21NO2/c1-10(2)9-12(14)13(3,15)16-11-7-5-4-6-8-11/h4-8,10,12,15H,9,14H2,1-3H3. The predicted molar refractivity (Wildman–Crippen MR) is 65.1 cm³/mol. The predicted octanol–water partition coefficient (Wildman–Crippen LogP) is 2.15. The molecule has 1 aromatic carbocycles. The fourth-order valence-electron chi connectivity index (χ4n) is 1.53. The number of nitrogens with two attached hydrogens (primary N) is 1. The highest BCUT2D eigenvalue weighted by Crippen LogP contribution is 2.21. The Morgan fingerprint density at radius 3 is 2.38 bits per heavy atom. The smallest absolute Gasteiger partial charge is 0.220 e. The highest BCUT2D eigenvalue weighted by Gasteiger charge is 2.31. The molecule has 3 heteroatoms. The monoisotopic (exact) mass is 223 g/mol. The van der Waals surface area contributed by atoms with Crippen LogP contribution < -0.4 is 10.5 Å². The van der Waals surface area contributed by atoms with Gasteiger partial charge in [-0.15, -0.1) is 0 Å². The van der Waals surface area contributed by atoms with Crippen LogP contribution in [0.15, 0.2) is 30.3 Å². The molecule has 1 rings (SSSR count). The van der Waals surface area contributed by atoms with Gasteiger partial charge >= 0.3 is 0 Å². The second kappa shape index (κ2) is 5.32. The highest BCUT2D eigenvalue weighted by atomic mass is 16.6. The van der Waals surface area contributed by atoms with Crippen molar-refractivity contribution in [3.63, 3.8) is 0 Å². The summed E-state index contributed by atoms with van der Waals surface area (Å²) in [4.78, 5) is 0. The zero-order chi connectivity index (χ0) is 12.2. The van der Waals surface area contributed by atoms with Gasteiger partial charge in [0.25, 0.3) is 0 Å². The van der Waals surface area contributed by atoms with E-state index in [1.807, 2.05) is 18.2 Å². The maximum absolute atomic E-state index is 10.1. The minimum atomic E-state index is -1.33. The zero-order valence-corrected chi connectivity index (χ0v) is 10.2. The Bertz CT molecular complexity index is 309. The molecule has 3 N–H and O–H groups in total. The lowest BCUT2D eigenvalue weighted by Gasteiger charge is -2.31. The van der Waals surface area contributed by atoms with Crippen molar-refractivity contribution in [1.29, 1.82) is 0 Å². The van der Waals surface area contributed by atoms with Crippen LogP contribution in [0.25, 0.3) is 0 Å². The summed E-state index contributed by atoms with van der Waals surface area (Å²) >= 11 is 0. The first-order valence-electron chi connectivity index (χ1n) is 5.64. The van der Waals surface area contributed by atoms with Crippen LogP contribution in [0, 0.1) is 5.92 Å². The minimum absolute atomic E-state index is 0.396. The molecule has 2 unspecified atom stereocenters. The second-order valence-corrected chi connectivity index (χ2v) is 4.71.